The number of fused-ring (bicyclic) bond motifs is 1. The van der Waals surface area contributed by atoms with E-state index in [1.54, 1.807) is 24.3 Å². The number of amides is 1. The van der Waals surface area contributed by atoms with Crippen molar-refractivity contribution in [2.24, 2.45) is 5.10 Å². The van der Waals surface area contributed by atoms with Crippen LogP contribution in [-0.2, 0) is 0 Å². The minimum Gasteiger partial charge on any atom is -0.463 e. The SMILES string of the molecule is O=C(N/N=C/c1ccc([N+](=O)[O-])cc1)c1coc2ccccc12. The van der Waals surface area contributed by atoms with Gasteiger partial charge in [-0.25, -0.2) is 5.43 Å². The van der Waals surface area contributed by atoms with Crippen LogP contribution in [0.25, 0.3) is 11.0 Å². The molecule has 0 aliphatic heterocycles. The fourth-order valence-corrected chi connectivity index (χ4v) is 2.06. The lowest BCUT2D eigenvalue weighted by Crippen LogP contribution is -2.17. The first-order valence-electron chi connectivity index (χ1n) is 6.69. The van der Waals surface area contributed by atoms with Crippen LogP contribution in [0.3, 0.4) is 0 Å². The third-order valence-corrected chi connectivity index (χ3v) is 3.21. The van der Waals surface area contributed by atoms with Crippen molar-refractivity contribution in [1.82, 2.24) is 5.43 Å². The minimum absolute atomic E-state index is 0.00366. The van der Waals surface area contributed by atoms with Gasteiger partial charge in [0, 0.05) is 17.5 Å². The van der Waals surface area contributed by atoms with Crippen LogP contribution in [0.15, 0.2) is 64.3 Å². The van der Waals surface area contributed by atoms with E-state index in [9.17, 15) is 14.9 Å². The number of benzene rings is 2. The van der Waals surface area contributed by atoms with E-state index < -0.39 is 10.8 Å². The van der Waals surface area contributed by atoms with Gasteiger partial charge in [-0.15, -0.1) is 0 Å². The highest BCUT2D eigenvalue weighted by molar-refractivity contribution is 6.06. The van der Waals surface area contributed by atoms with Gasteiger partial charge in [0.1, 0.15) is 11.8 Å². The summed E-state index contributed by atoms with van der Waals surface area (Å²) >= 11 is 0. The second-order valence-electron chi connectivity index (χ2n) is 4.69. The van der Waals surface area contributed by atoms with Crippen molar-refractivity contribution in [3.8, 4) is 0 Å². The Labute approximate surface area is 130 Å². The van der Waals surface area contributed by atoms with Crippen LogP contribution < -0.4 is 5.43 Å². The molecule has 7 nitrogen and oxygen atoms in total. The first-order chi connectivity index (χ1) is 11.1. The molecule has 0 saturated heterocycles. The van der Waals surface area contributed by atoms with Gasteiger partial charge in [0.2, 0.25) is 0 Å². The van der Waals surface area contributed by atoms with Crippen LogP contribution >= 0.6 is 0 Å². The van der Waals surface area contributed by atoms with Crippen LogP contribution in [0.2, 0.25) is 0 Å². The number of hydrazone groups is 1. The number of furan rings is 1. The normalized spacial score (nSPS) is 11.0. The maximum Gasteiger partial charge on any atom is 0.275 e. The monoisotopic (exact) mass is 309 g/mol. The van der Waals surface area contributed by atoms with Gasteiger partial charge in [0.05, 0.1) is 16.7 Å². The van der Waals surface area contributed by atoms with Crippen LogP contribution in [-0.4, -0.2) is 17.0 Å². The van der Waals surface area contributed by atoms with E-state index in [2.05, 4.69) is 10.5 Å². The molecule has 114 valence electrons. The molecular formula is C16H11N3O4. The van der Waals surface area contributed by atoms with Crippen molar-refractivity contribution < 1.29 is 14.1 Å². The zero-order valence-corrected chi connectivity index (χ0v) is 11.8. The maximum atomic E-state index is 12.1. The van der Waals surface area contributed by atoms with Gasteiger partial charge >= 0.3 is 0 Å². The molecule has 7 heteroatoms. The Morgan fingerprint density at radius 1 is 1.17 bits per heavy atom. The summed E-state index contributed by atoms with van der Waals surface area (Å²) in [5, 5.41) is 15.1. The zero-order chi connectivity index (χ0) is 16.2. The van der Waals surface area contributed by atoms with Crippen molar-refractivity contribution >= 4 is 28.8 Å². The third kappa shape index (κ3) is 3.08. The number of carbonyl (C=O) groups is 1. The van der Waals surface area contributed by atoms with Crippen molar-refractivity contribution in [2.45, 2.75) is 0 Å². The number of rotatable bonds is 4. The second kappa shape index (κ2) is 6.10. The lowest BCUT2D eigenvalue weighted by Gasteiger charge is -1.97. The second-order valence-corrected chi connectivity index (χ2v) is 4.69. The predicted molar refractivity (Wildman–Crippen MR) is 84.4 cm³/mol. The Hall–Kier alpha value is -3.48. The molecule has 0 saturated carbocycles. The van der Waals surface area contributed by atoms with Crippen LogP contribution in [0.5, 0.6) is 0 Å². The van der Waals surface area contributed by atoms with Gasteiger partial charge in [-0.3, -0.25) is 14.9 Å². The highest BCUT2D eigenvalue weighted by Gasteiger charge is 2.12. The fourth-order valence-electron chi connectivity index (χ4n) is 2.06. The largest absolute Gasteiger partial charge is 0.463 e. The average Bonchev–Trinajstić information content (AvgIpc) is 2.99. The van der Waals surface area contributed by atoms with Gasteiger partial charge in [0.15, 0.2) is 0 Å². The first kappa shape index (κ1) is 14.5. The number of para-hydroxylation sites is 1. The van der Waals surface area contributed by atoms with E-state index in [4.69, 9.17) is 4.42 Å². The number of carbonyl (C=O) groups excluding carboxylic acids is 1. The lowest BCUT2D eigenvalue weighted by atomic mass is 10.2. The Bertz CT molecular complexity index is 897. The molecule has 0 unspecified atom stereocenters. The van der Waals surface area contributed by atoms with E-state index in [1.165, 1.54) is 24.6 Å². The van der Waals surface area contributed by atoms with E-state index in [0.29, 0.717) is 22.1 Å². The Kier molecular flexibility index (Phi) is 3.84. The van der Waals surface area contributed by atoms with Crippen molar-refractivity contribution in [3.05, 3.63) is 76.0 Å². The molecule has 3 aromatic rings. The van der Waals surface area contributed by atoms with Crippen molar-refractivity contribution in [2.75, 3.05) is 0 Å². The molecule has 1 aromatic heterocycles. The number of hydrogen-bond acceptors (Lipinski definition) is 5. The third-order valence-electron chi connectivity index (χ3n) is 3.21. The van der Waals surface area contributed by atoms with Crippen molar-refractivity contribution in [3.63, 3.8) is 0 Å². The molecule has 0 aliphatic carbocycles. The van der Waals surface area contributed by atoms with Crippen LogP contribution in [0.1, 0.15) is 15.9 Å². The summed E-state index contributed by atoms with van der Waals surface area (Å²) in [7, 11) is 0. The Morgan fingerprint density at radius 2 is 1.91 bits per heavy atom. The Morgan fingerprint density at radius 3 is 2.65 bits per heavy atom. The first-order valence-corrected chi connectivity index (χ1v) is 6.69. The molecule has 0 spiro atoms. The summed E-state index contributed by atoms with van der Waals surface area (Å²) in [4.78, 5) is 22.2. The standard InChI is InChI=1S/C16H11N3O4/c20-16(14-10-23-15-4-2-1-3-13(14)15)18-17-9-11-5-7-12(8-6-11)19(21)22/h1-10H,(H,18,20)/b17-9+. The lowest BCUT2D eigenvalue weighted by molar-refractivity contribution is -0.384. The summed E-state index contributed by atoms with van der Waals surface area (Å²) in [6.45, 7) is 0. The number of non-ortho nitro benzene ring substituents is 1. The highest BCUT2D eigenvalue weighted by Crippen LogP contribution is 2.20. The van der Waals surface area contributed by atoms with Crippen LogP contribution in [0.4, 0.5) is 5.69 Å². The van der Waals surface area contributed by atoms with E-state index in [-0.39, 0.29) is 5.69 Å². The van der Waals surface area contributed by atoms with E-state index in [1.807, 2.05) is 12.1 Å². The molecule has 1 heterocycles. The molecule has 0 radical (unpaired) electrons. The highest BCUT2D eigenvalue weighted by atomic mass is 16.6. The molecule has 0 bridgehead atoms. The summed E-state index contributed by atoms with van der Waals surface area (Å²) in [5.74, 6) is -0.395. The number of nitro groups is 1. The van der Waals surface area contributed by atoms with Crippen LogP contribution in [0, 0.1) is 10.1 Å². The minimum atomic E-state index is -0.479. The molecule has 1 N–H and O–H groups in total. The van der Waals surface area contributed by atoms with Gasteiger partial charge < -0.3 is 4.42 Å². The molecule has 23 heavy (non-hydrogen) atoms. The average molecular weight is 309 g/mol. The maximum absolute atomic E-state index is 12.1. The summed E-state index contributed by atoms with van der Waals surface area (Å²) in [6.07, 6.45) is 2.78. The van der Waals surface area contributed by atoms with Gasteiger partial charge in [-0.2, -0.15) is 5.10 Å². The Balaban J connectivity index is 1.70. The molecule has 0 aliphatic rings. The summed E-state index contributed by atoms with van der Waals surface area (Å²) < 4.78 is 5.29. The topological polar surface area (TPSA) is 97.7 Å². The summed E-state index contributed by atoms with van der Waals surface area (Å²) in [5.41, 5.74) is 4.04. The molecule has 0 atom stereocenters. The fraction of sp³-hybridized carbons (Fsp3) is 0. The predicted octanol–water partition coefficient (Wildman–Crippen LogP) is 3.10. The quantitative estimate of drug-likeness (QED) is 0.455. The number of nitro benzene ring substituents is 1. The number of nitrogens with zero attached hydrogens (tertiary/aromatic N) is 2. The molecule has 1 amide bonds. The molecular weight excluding hydrogens is 298 g/mol. The van der Waals surface area contributed by atoms with Gasteiger partial charge in [0.25, 0.3) is 11.6 Å². The van der Waals surface area contributed by atoms with Gasteiger partial charge in [-0.1, -0.05) is 18.2 Å². The number of nitrogens with one attached hydrogen (secondary N) is 1. The molecule has 3 rings (SSSR count). The molecule has 2 aromatic carbocycles. The van der Waals surface area contributed by atoms with Gasteiger partial charge in [-0.05, 0) is 23.8 Å². The summed E-state index contributed by atoms with van der Waals surface area (Å²) in [6, 6.07) is 13.0. The zero-order valence-electron chi connectivity index (χ0n) is 11.8. The molecule has 0 fully saturated rings. The van der Waals surface area contributed by atoms with E-state index >= 15 is 0 Å². The smallest absolute Gasteiger partial charge is 0.275 e. The number of hydrogen-bond donors (Lipinski definition) is 1. The van der Waals surface area contributed by atoms with Crippen molar-refractivity contribution in [1.29, 1.82) is 0 Å². The van der Waals surface area contributed by atoms with E-state index in [0.717, 1.165) is 0 Å².